The monoisotopic (exact) mass is 492 g/mol. The van der Waals surface area contributed by atoms with Gasteiger partial charge in [-0.2, -0.15) is 0 Å². The molecule has 0 unspecified atom stereocenters. The fourth-order valence-corrected chi connectivity index (χ4v) is 8.77. The summed E-state index contributed by atoms with van der Waals surface area (Å²) >= 11 is 0. The number of Topliss-reactive ketones (excluding diaryl/α,β-unsaturated/α-hetero) is 1. The first kappa shape index (κ1) is 25.3. The van der Waals surface area contributed by atoms with Crippen LogP contribution in [-0.2, 0) is 19.1 Å². The van der Waals surface area contributed by atoms with Crippen LogP contribution in [0.4, 0.5) is 0 Å². The van der Waals surface area contributed by atoms with Crippen molar-refractivity contribution >= 4 is 11.8 Å². The number of fused-ring (bicyclic) bond motifs is 5. The van der Waals surface area contributed by atoms with Crippen LogP contribution in [0, 0.1) is 34.5 Å². The third-order valence-electron chi connectivity index (χ3n) is 10.7. The molecule has 0 spiro atoms. The van der Waals surface area contributed by atoms with Crippen molar-refractivity contribution in [3.63, 3.8) is 0 Å². The standard InChI is InChI=1S/C27H40O8/c1-13(28)17-6-7-18-16-5-4-14-12-15(8-10-26(14,2)19(16)9-11-27(17,18)3)34-25-22(31)20(29)21(30)23(35-25)24(32)33/h4,15-23,25,29-31H,5-12H2,1-3H3,(H,32,33)/t15-,16-,17+,18-,19-,20-,21-,22+,23-,25+,26-,27+/m0/s1. The van der Waals surface area contributed by atoms with Crippen LogP contribution in [0.3, 0.4) is 0 Å². The highest BCUT2D eigenvalue weighted by atomic mass is 16.7. The van der Waals surface area contributed by atoms with E-state index in [0.29, 0.717) is 30.0 Å². The van der Waals surface area contributed by atoms with E-state index < -0.39 is 36.7 Å². The van der Waals surface area contributed by atoms with Gasteiger partial charge < -0.3 is 29.9 Å². The predicted molar refractivity (Wildman–Crippen MR) is 125 cm³/mol. The number of ketones is 1. The van der Waals surface area contributed by atoms with E-state index in [1.807, 2.05) is 0 Å². The minimum atomic E-state index is -1.72. The highest BCUT2D eigenvalue weighted by Gasteiger charge is 2.59. The van der Waals surface area contributed by atoms with E-state index in [2.05, 4.69) is 19.9 Å². The Morgan fingerprint density at radius 2 is 1.74 bits per heavy atom. The number of aliphatic hydroxyl groups excluding tert-OH is 3. The molecule has 1 aliphatic heterocycles. The molecule has 4 fully saturated rings. The molecule has 0 amide bonds. The SMILES string of the molecule is CC(=O)[C@H]1CC[C@H]2[C@@H]3CC=C4C[C@@H](O[C@@H]5O[C@H](C(=O)O)[C@@H](O)[C@H](O)[C@H]5O)CC[C@]4(C)[C@H]3CC[C@]12C. The van der Waals surface area contributed by atoms with Crippen LogP contribution in [0.25, 0.3) is 0 Å². The van der Waals surface area contributed by atoms with Crippen molar-refractivity contribution < 1.29 is 39.5 Å². The van der Waals surface area contributed by atoms with Crippen LogP contribution in [0.5, 0.6) is 0 Å². The molecule has 4 N–H and O–H groups in total. The van der Waals surface area contributed by atoms with Gasteiger partial charge in [0.15, 0.2) is 12.4 Å². The van der Waals surface area contributed by atoms with Crippen molar-refractivity contribution in [2.45, 2.75) is 109 Å². The van der Waals surface area contributed by atoms with Crippen LogP contribution >= 0.6 is 0 Å². The summed E-state index contributed by atoms with van der Waals surface area (Å²) in [6.07, 6.45) is 2.04. The Morgan fingerprint density at radius 1 is 1.00 bits per heavy atom. The van der Waals surface area contributed by atoms with Gasteiger partial charge in [-0.05, 0) is 86.9 Å². The lowest BCUT2D eigenvalue weighted by atomic mass is 9.47. The summed E-state index contributed by atoms with van der Waals surface area (Å²) in [6, 6.07) is 0. The Balaban J connectivity index is 1.30. The van der Waals surface area contributed by atoms with Gasteiger partial charge in [-0.15, -0.1) is 0 Å². The Hall–Kier alpha value is -1.32. The molecule has 1 saturated heterocycles. The highest BCUT2D eigenvalue weighted by Crippen LogP contribution is 2.66. The van der Waals surface area contributed by atoms with Crippen LogP contribution in [0.15, 0.2) is 11.6 Å². The van der Waals surface area contributed by atoms with Crippen molar-refractivity contribution in [1.29, 1.82) is 0 Å². The lowest BCUT2D eigenvalue weighted by molar-refractivity contribution is -0.306. The zero-order valence-electron chi connectivity index (χ0n) is 20.9. The number of carbonyl (C=O) groups excluding carboxylic acids is 1. The molecule has 196 valence electrons. The van der Waals surface area contributed by atoms with Gasteiger partial charge in [0.25, 0.3) is 0 Å². The predicted octanol–water partition coefficient (Wildman–Crippen LogP) is 2.43. The lowest BCUT2D eigenvalue weighted by Crippen LogP contribution is -2.61. The Morgan fingerprint density at radius 3 is 2.43 bits per heavy atom. The molecule has 0 aromatic rings. The second-order valence-electron chi connectivity index (χ2n) is 12.3. The molecular weight excluding hydrogens is 452 g/mol. The second-order valence-corrected chi connectivity index (χ2v) is 12.3. The Labute approximate surface area is 206 Å². The number of hydrogen-bond acceptors (Lipinski definition) is 7. The van der Waals surface area contributed by atoms with Gasteiger partial charge in [0.1, 0.15) is 24.1 Å². The fraction of sp³-hybridized carbons (Fsp3) is 0.852. The van der Waals surface area contributed by atoms with E-state index in [4.69, 9.17) is 9.47 Å². The molecule has 0 bridgehead atoms. The zero-order valence-corrected chi connectivity index (χ0v) is 20.9. The number of aliphatic carboxylic acids is 1. The molecule has 8 heteroatoms. The van der Waals surface area contributed by atoms with Crippen LogP contribution in [-0.4, -0.2) is 69.0 Å². The molecule has 35 heavy (non-hydrogen) atoms. The fourth-order valence-electron chi connectivity index (χ4n) is 8.77. The number of carboxylic acids is 1. The quantitative estimate of drug-likeness (QED) is 0.440. The largest absolute Gasteiger partial charge is 0.479 e. The lowest BCUT2D eigenvalue weighted by Gasteiger charge is -2.58. The Bertz CT molecular complexity index is 902. The van der Waals surface area contributed by atoms with Crippen molar-refractivity contribution in [3.05, 3.63) is 11.6 Å². The minimum Gasteiger partial charge on any atom is -0.479 e. The molecule has 0 aromatic carbocycles. The molecule has 0 aromatic heterocycles. The summed E-state index contributed by atoms with van der Waals surface area (Å²) in [5.41, 5.74) is 1.56. The molecule has 5 aliphatic rings. The first-order chi connectivity index (χ1) is 16.5. The van der Waals surface area contributed by atoms with Crippen molar-refractivity contribution in [1.82, 2.24) is 0 Å². The number of rotatable bonds is 4. The number of allylic oxidation sites excluding steroid dienone is 1. The zero-order chi connectivity index (χ0) is 25.3. The van der Waals surface area contributed by atoms with Crippen molar-refractivity contribution in [2.24, 2.45) is 34.5 Å². The van der Waals surface area contributed by atoms with Gasteiger partial charge in [0.05, 0.1) is 6.10 Å². The first-order valence-electron chi connectivity index (χ1n) is 13.2. The van der Waals surface area contributed by atoms with Gasteiger partial charge >= 0.3 is 5.97 Å². The van der Waals surface area contributed by atoms with Crippen LogP contribution in [0.1, 0.15) is 72.1 Å². The van der Waals surface area contributed by atoms with Crippen LogP contribution < -0.4 is 0 Å². The maximum Gasteiger partial charge on any atom is 0.335 e. The first-order valence-corrected chi connectivity index (χ1v) is 13.2. The van der Waals surface area contributed by atoms with Crippen LogP contribution in [0.2, 0.25) is 0 Å². The van der Waals surface area contributed by atoms with Gasteiger partial charge in [-0.1, -0.05) is 25.5 Å². The number of aliphatic hydroxyl groups is 3. The smallest absolute Gasteiger partial charge is 0.335 e. The summed E-state index contributed by atoms with van der Waals surface area (Å²) in [4.78, 5) is 23.8. The summed E-state index contributed by atoms with van der Waals surface area (Å²) < 4.78 is 11.4. The normalized spacial score (nSPS) is 51.5. The topological polar surface area (TPSA) is 134 Å². The third kappa shape index (κ3) is 3.91. The average molecular weight is 493 g/mol. The maximum atomic E-state index is 12.4. The molecule has 1 heterocycles. The maximum absolute atomic E-state index is 12.4. The number of carbonyl (C=O) groups is 2. The van der Waals surface area contributed by atoms with E-state index in [9.17, 15) is 30.0 Å². The average Bonchev–Trinajstić information content (AvgIpc) is 3.17. The summed E-state index contributed by atoms with van der Waals surface area (Å²) in [5, 5.41) is 39.7. The van der Waals surface area contributed by atoms with Gasteiger partial charge in [-0.25, -0.2) is 4.79 Å². The second kappa shape index (κ2) is 8.91. The Kier molecular flexibility index (Phi) is 6.45. The summed E-state index contributed by atoms with van der Waals surface area (Å²) in [5.74, 6) is 0.904. The number of ether oxygens (including phenoxy) is 2. The van der Waals surface area contributed by atoms with E-state index in [-0.39, 0.29) is 22.9 Å². The molecule has 4 aliphatic carbocycles. The van der Waals surface area contributed by atoms with Crippen molar-refractivity contribution in [2.75, 3.05) is 0 Å². The molecule has 12 atom stereocenters. The molecule has 5 rings (SSSR count). The van der Waals surface area contributed by atoms with Gasteiger partial charge in [0.2, 0.25) is 0 Å². The van der Waals surface area contributed by atoms with E-state index >= 15 is 0 Å². The van der Waals surface area contributed by atoms with Gasteiger partial charge in [-0.3, -0.25) is 4.79 Å². The number of hydrogen-bond donors (Lipinski definition) is 4. The summed E-state index contributed by atoms with van der Waals surface area (Å²) in [6.45, 7) is 6.49. The van der Waals surface area contributed by atoms with Gasteiger partial charge in [0, 0.05) is 5.92 Å². The molecular formula is C27H40O8. The molecule has 8 nitrogen and oxygen atoms in total. The summed E-state index contributed by atoms with van der Waals surface area (Å²) in [7, 11) is 0. The number of carboxylic acid groups (broad SMARTS) is 1. The van der Waals surface area contributed by atoms with Crippen molar-refractivity contribution in [3.8, 4) is 0 Å². The minimum absolute atomic E-state index is 0.0732. The van der Waals surface area contributed by atoms with E-state index in [1.165, 1.54) is 5.57 Å². The third-order valence-corrected chi connectivity index (χ3v) is 10.7. The highest BCUT2D eigenvalue weighted by molar-refractivity contribution is 5.79. The molecule has 0 radical (unpaired) electrons. The van der Waals surface area contributed by atoms with E-state index in [1.54, 1.807) is 6.92 Å². The molecule has 3 saturated carbocycles. The van der Waals surface area contributed by atoms with E-state index in [0.717, 1.165) is 44.9 Å².